The molecule has 1 unspecified atom stereocenters. The summed E-state index contributed by atoms with van der Waals surface area (Å²) in [5, 5.41) is 14.2. The fourth-order valence-corrected chi connectivity index (χ4v) is 2.32. The van der Waals surface area contributed by atoms with E-state index in [1.54, 1.807) is 25.1 Å². The molecule has 2 aromatic carbocycles. The number of halogens is 2. The zero-order valence-corrected chi connectivity index (χ0v) is 13.1. The predicted molar refractivity (Wildman–Crippen MR) is 85.4 cm³/mol. The SMILES string of the molecule is CC(NC(=O)c1ccc(Cl)c([N+](=O)[O-])c1)c1cccc(Cl)c1. The first-order valence-corrected chi connectivity index (χ1v) is 7.14. The Hall–Kier alpha value is -2.11. The number of hydrogen-bond acceptors (Lipinski definition) is 3. The van der Waals surface area contributed by atoms with Gasteiger partial charge in [-0.15, -0.1) is 0 Å². The van der Waals surface area contributed by atoms with E-state index in [1.807, 2.05) is 6.07 Å². The smallest absolute Gasteiger partial charge is 0.288 e. The zero-order valence-electron chi connectivity index (χ0n) is 11.5. The van der Waals surface area contributed by atoms with Gasteiger partial charge in [-0.3, -0.25) is 14.9 Å². The molecule has 0 aliphatic heterocycles. The summed E-state index contributed by atoms with van der Waals surface area (Å²) in [6.07, 6.45) is 0. The molecule has 1 atom stereocenters. The first-order valence-electron chi connectivity index (χ1n) is 6.38. The maximum absolute atomic E-state index is 12.2. The third-order valence-corrected chi connectivity index (χ3v) is 3.66. The van der Waals surface area contributed by atoms with Crippen LogP contribution < -0.4 is 5.32 Å². The van der Waals surface area contributed by atoms with Gasteiger partial charge in [-0.1, -0.05) is 35.3 Å². The predicted octanol–water partition coefficient (Wildman–Crippen LogP) is 4.39. The Balaban J connectivity index is 2.19. The van der Waals surface area contributed by atoms with Gasteiger partial charge in [-0.05, 0) is 36.8 Å². The molecule has 7 heteroatoms. The Morgan fingerprint density at radius 3 is 2.59 bits per heavy atom. The maximum Gasteiger partial charge on any atom is 0.288 e. The van der Waals surface area contributed by atoms with Crippen LogP contribution in [-0.4, -0.2) is 10.8 Å². The van der Waals surface area contributed by atoms with Crippen LogP contribution in [-0.2, 0) is 0 Å². The number of benzene rings is 2. The highest BCUT2D eigenvalue weighted by atomic mass is 35.5. The minimum Gasteiger partial charge on any atom is -0.346 e. The van der Waals surface area contributed by atoms with Gasteiger partial charge in [-0.25, -0.2) is 0 Å². The molecular formula is C15H12Cl2N2O3. The number of nitrogens with one attached hydrogen (secondary N) is 1. The lowest BCUT2D eigenvalue weighted by atomic mass is 10.1. The van der Waals surface area contributed by atoms with Crippen LogP contribution in [0.15, 0.2) is 42.5 Å². The highest BCUT2D eigenvalue weighted by Gasteiger charge is 2.17. The molecule has 0 aliphatic carbocycles. The van der Waals surface area contributed by atoms with Gasteiger partial charge in [0, 0.05) is 16.7 Å². The molecule has 0 aromatic heterocycles. The summed E-state index contributed by atoms with van der Waals surface area (Å²) >= 11 is 11.6. The average Bonchev–Trinajstić information content (AvgIpc) is 2.47. The van der Waals surface area contributed by atoms with E-state index in [9.17, 15) is 14.9 Å². The van der Waals surface area contributed by atoms with Crippen molar-refractivity contribution in [1.82, 2.24) is 5.32 Å². The number of nitro benzene ring substituents is 1. The molecule has 2 rings (SSSR count). The summed E-state index contributed by atoms with van der Waals surface area (Å²) in [4.78, 5) is 22.4. The number of rotatable bonds is 4. The molecule has 0 heterocycles. The van der Waals surface area contributed by atoms with E-state index >= 15 is 0 Å². The average molecular weight is 339 g/mol. The lowest BCUT2D eigenvalue weighted by Gasteiger charge is -2.14. The molecule has 0 bridgehead atoms. The van der Waals surface area contributed by atoms with Gasteiger partial charge in [-0.2, -0.15) is 0 Å². The number of amides is 1. The van der Waals surface area contributed by atoms with Gasteiger partial charge in [0.2, 0.25) is 0 Å². The molecule has 1 amide bonds. The molecule has 5 nitrogen and oxygen atoms in total. The van der Waals surface area contributed by atoms with E-state index in [0.29, 0.717) is 5.02 Å². The van der Waals surface area contributed by atoms with Crippen LogP contribution in [0.3, 0.4) is 0 Å². The molecule has 0 fully saturated rings. The van der Waals surface area contributed by atoms with Crippen LogP contribution in [0.25, 0.3) is 0 Å². The minimum absolute atomic E-state index is 0.00978. The fraction of sp³-hybridized carbons (Fsp3) is 0.133. The van der Waals surface area contributed by atoms with Crippen LogP contribution in [0.4, 0.5) is 5.69 Å². The summed E-state index contributed by atoms with van der Waals surface area (Å²) in [7, 11) is 0. The number of nitro groups is 1. The molecule has 2 aromatic rings. The normalized spacial score (nSPS) is 11.8. The second-order valence-electron chi connectivity index (χ2n) is 4.67. The van der Waals surface area contributed by atoms with Crippen LogP contribution >= 0.6 is 23.2 Å². The van der Waals surface area contributed by atoms with E-state index in [-0.39, 0.29) is 22.3 Å². The summed E-state index contributed by atoms with van der Waals surface area (Å²) in [5.74, 6) is -0.424. The molecule has 0 radical (unpaired) electrons. The summed E-state index contributed by atoms with van der Waals surface area (Å²) in [6, 6.07) is 10.7. The third kappa shape index (κ3) is 3.75. The van der Waals surface area contributed by atoms with E-state index in [0.717, 1.165) is 11.6 Å². The topological polar surface area (TPSA) is 72.2 Å². The van der Waals surface area contributed by atoms with E-state index < -0.39 is 10.8 Å². The van der Waals surface area contributed by atoms with Crippen LogP contribution in [0.5, 0.6) is 0 Å². The lowest BCUT2D eigenvalue weighted by molar-refractivity contribution is -0.384. The third-order valence-electron chi connectivity index (χ3n) is 3.10. The molecule has 0 spiro atoms. The Kier molecular flexibility index (Phi) is 5.00. The first-order chi connectivity index (χ1) is 10.4. The van der Waals surface area contributed by atoms with Crippen molar-refractivity contribution in [3.05, 3.63) is 73.8 Å². The summed E-state index contributed by atoms with van der Waals surface area (Å²) in [5.41, 5.74) is 0.707. The Bertz CT molecular complexity index is 734. The van der Waals surface area contributed by atoms with Crippen LogP contribution in [0.1, 0.15) is 28.9 Å². The fourth-order valence-electron chi connectivity index (χ4n) is 1.93. The molecular weight excluding hydrogens is 327 g/mol. The van der Waals surface area contributed by atoms with Crippen LogP contribution in [0, 0.1) is 10.1 Å². The molecule has 0 saturated heterocycles. The van der Waals surface area contributed by atoms with Gasteiger partial charge in [0.05, 0.1) is 11.0 Å². The van der Waals surface area contributed by atoms with Crippen molar-refractivity contribution in [3.63, 3.8) is 0 Å². The summed E-state index contributed by atoms with van der Waals surface area (Å²) < 4.78 is 0. The van der Waals surface area contributed by atoms with Gasteiger partial charge in [0.25, 0.3) is 11.6 Å². The van der Waals surface area contributed by atoms with Crippen molar-refractivity contribution in [3.8, 4) is 0 Å². The number of hydrogen-bond donors (Lipinski definition) is 1. The van der Waals surface area contributed by atoms with Crippen molar-refractivity contribution < 1.29 is 9.72 Å². The molecule has 0 saturated carbocycles. The minimum atomic E-state index is -0.625. The highest BCUT2D eigenvalue weighted by Crippen LogP contribution is 2.25. The highest BCUT2D eigenvalue weighted by molar-refractivity contribution is 6.32. The second-order valence-corrected chi connectivity index (χ2v) is 5.52. The molecule has 22 heavy (non-hydrogen) atoms. The van der Waals surface area contributed by atoms with Crippen molar-refractivity contribution in [2.24, 2.45) is 0 Å². The number of nitrogens with zero attached hydrogens (tertiary/aromatic N) is 1. The molecule has 0 aliphatic rings. The van der Waals surface area contributed by atoms with Gasteiger partial charge >= 0.3 is 0 Å². The van der Waals surface area contributed by atoms with E-state index in [4.69, 9.17) is 23.2 Å². The Morgan fingerprint density at radius 1 is 1.23 bits per heavy atom. The van der Waals surface area contributed by atoms with Crippen molar-refractivity contribution >= 4 is 34.8 Å². The van der Waals surface area contributed by atoms with Crippen molar-refractivity contribution in [1.29, 1.82) is 0 Å². The van der Waals surface area contributed by atoms with Gasteiger partial charge < -0.3 is 5.32 Å². The van der Waals surface area contributed by atoms with E-state index in [2.05, 4.69) is 5.32 Å². The maximum atomic E-state index is 12.2. The summed E-state index contributed by atoms with van der Waals surface area (Å²) in [6.45, 7) is 1.80. The number of carbonyl (C=O) groups is 1. The van der Waals surface area contributed by atoms with Crippen molar-refractivity contribution in [2.75, 3.05) is 0 Å². The largest absolute Gasteiger partial charge is 0.346 e. The number of carbonyl (C=O) groups excluding carboxylic acids is 1. The molecule has 114 valence electrons. The standard InChI is InChI=1S/C15H12Cl2N2O3/c1-9(10-3-2-4-12(16)7-10)18-15(20)11-5-6-13(17)14(8-11)19(21)22/h2-9H,1H3,(H,18,20). The van der Waals surface area contributed by atoms with Crippen molar-refractivity contribution in [2.45, 2.75) is 13.0 Å². The zero-order chi connectivity index (χ0) is 16.3. The van der Waals surface area contributed by atoms with Gasteiger partial charge in [0.15, 0.2) is 0 Å². The second kappa shape index (κ2) is 6.77. The molecule has 1 N–H and O–H groups in total. The Labute approximate surface area is 137 Å². The monoisotopic (exact) mass is 338 g/mol. The lowest BCUT2D eigenvalue weighted by Crippen LogP contribution is -2.26. The quantitative estimate of drug-likeness (QED) is 0.663. The Morgan fingerprint density at radius 2 is 1.95 bits per heavy atom. The first kappa shape index (κ1) is 16.3. The van der Waals surface area contributed by atoms with Crippen LogP contribution in [0.2, 0.25) is 10.0 Å². The van der Waals surface area contributed by atoms with Gasteiger partial charge in [0.1, 0.15) is 5.02 Å². The van der Waals surface area contributed by atoms with E-state index in [1.165, 1.54) is 12.1 Å².